The van der Waals surface area contributed by atoms with E-state index >= 15 is 0 Å². The van der Waals surface area contributed by atoms with Gasteiger partial charge in [0.15, 0.2) is 0 Å². The first-order valence-corrected chi connectivity index (χ1v) is 14.2. The van der Waals surface area contributed by atoms with Gasteiger partial charge >= 0.3 is 0 Å². The fourth-order valence-electron chi connectivity index (χ4n) is 6.13. The first-order valence-electron chi connectivity index (χ1n) is 13.8. The number of benzene rings is 2. The first-order chi connectivity index (χ1) is 18.5. The highest BCUT2D eigenvalue weighted by molar-refractivity contribution is 6.30. The highest BCUT2D eigenvalue weighted by Crippen LogP contribution is 2.45. The fraction of sp³-hybridized carbons (Fsp3) is 0.424. The number of fused-ring (bicyclic) bond motifs is 2. The molecule has 0 spiro atoms. The Morgan fingerprint density at radius 2 is 1.72 bits per heavy atom. The molecule has 1 fully saturated rings. The van der Waals surface area contributed by atoms with Gasteiger partial charge in [0.25, 0.3) is 0 Å². The van der Waals surface area contributed by atoms with Crippen LogP contribution in [-0.4, -0.2) is 45.3 Å². The second-order valence-corrected chi connectivity index (χ2v) is 12.4. The molecular formula is C33H39ClN2O3. The zero-order valence-electron chi connectivity index (χ0n) is 23.4. The van der Waals surface area contributed by atoms with Gasteiger partial charge in [0.1, 0.15) is 12.4 Å². The molecule has 3 heterocycles. The molecule has 3 aromatic rings. The Morgan fingerprint density at radius 1 is 1.00 bits per heavy atom. The molecule has 2 aromatic carbocycles. The molecule has 0 aliphatic carbocycles. The summed E-state index contributed by atoms with van der Waals surface area (Å²) >= 11 is 6.16. The topological polar surface area (TPSA) is 65.8 Å². The summed E-state index contributed by atoms with van der Waals surface area (Å²) < 4.78 is 6.15. The summed E-state index contributed by atoms with van der Waals surface area (Å²) in [5.74, 6) is 0.808. The van der Waals surface area contributed by atoms with Crippen LogP contribution in [0.25, 0.3) is 5.57 Å². The Balaban J connectivity index is 1.37. The molecule has 1 aromatic heterocycles. The molecule has 2 aliphatic heterocycles. The van der Waals surface area contributed by atoms with Crippen molar-refractivity contribution in [1.29, 1.82) is 0 Å². The molecule has 0 bridgehead atoms. The lowest BCUT2D eigenvalue weighted by Gasteiger charge is -2.49. The lowest BCUT2D eigenvalue weighted by molar-refractivity contribution is -0.0389. The second-order valence-electron chi connectivity index (χ2n) is 12.0. The van der Waals surface area contributed by atoms with Gasteiger partial charge in [-0.2, -0.15) is 0 Å². The molecule has 5 nitrogen and oxygen atoms in total. The Hall–Kier alpha value is -2.70. The maximum absolute atomic E-state index is 11.2. The molecule has 0 amide bonds. The minimum Gasteiger partial charge on any atom is -0.487 e. The monoisotopic (exact) mass is 546 g/mol. The number of aliphatic hydroxyl groups is 2. The Bertz CT molecular complexity index is 1340. The summed E-state index contributed by atoms with van der Waals surface area (Å²) in [6.07, 6.45) is 6.73. The molecule has 2 aliphatic rings. The quantitative estimate of drug-likeness (QED) is 0.370. The second kappa shape index (κ2) is 10.7. The van der Waals surface area contributed by atoms with E-state index in [1.54, 1.807) is 20.0 Å². The molecule has 5 rings (SSSR count). The largest absolute Gasteiger partial charge is 0.487 e. The average molecular weight is 547 g/mol. The standard InChI is InChI=1S/C33H39ClN2O3/c1-31(2,37)24-11-14-30-28(21-24)26(27-7-5-17-35-29(27)22-39-30)8-6-18-36-19-15-33(16-20-36,32(3,4)38)23-9-12-25(34)13-10-23/h5,7-14,17,21,37-38H,6,15-16,18-20,22H2,1-4H3/b26-8+. The van der Waals surface area contributed by atoms with E-state index in [2.05, 4.69) is 34.2 Å². The van der Waals surface area contributed by atoms with Crippen molar-refractivity contribution in [3.05, 3.63) is 99.8 Å². The van der Waals surface area contributed by atoms with Gasteiger partial charge in [-0.15, -0.1) is 0 Å². The van der Waals surface area contributed by atoms with Crippen LogP contribution in [0.4, 0.5) is 0 Å². The number of hydrogen-bond donors (Lipinski definition) is 2. The van der Waals surface area contributed by atoms with E-state index in [1.165, 1.54) is 0 Å². The van der Waals surface area contributed by atoms with Crippen molar-refractivity contribution < 1.29 is 14.9 Å². The van der Waals surface area contributed by atoms with E-state index in [1.807, 2.05) is 50.2 Å². The molecule has 1 saturated heterocycles. The molecule has 2 N–H and O–H groups in total. The molecule has 0 saturated carbocycles. The van der Waals surface area contributed by atoms with Crippen LogP contribution in [0.15, 0.2) is 66.9 Å². The number of aromatic nitrogens is 1. The maximum Gasteiger partial charge on any atom is 0.131 e. The number of pyridine rings is 1. The predicted molar refractivity (Wildman–Crippen MR) is 157 cm³/mol. The van der Waals surface area contributed by atoms with E-state index in [4.69, 9.17) is 16.3 Å². The lowest BCUT2D eigenvalue weighted by atomic mass is 9.63. The number of nitrogens with zero attached hydrogens (tertiary/aromatic N) is 2. The number of likely N-dealkylation sites (tertiary alicyclic amines) is 1. The van der Waals surface area contributed by atoms with Crippen LogP contribution in [0.3, 0.4) is 0 Å². The minimum absolute atomic E-state index is 0.303. The SMILES string of the molecule is CC(C)(O)c1ccc2c(c1)/C(=C/CCN1CCC(c3ccc(Cl)cc3)(C(C)(C)O)CC1)c1cccnc1CO2. The van der Waals surface area contributed by atoms with Crippen LogP contribution in [0.2, 0.25) is 5.02 Å². The lowest BCUT2D eigenvalue weighted by Crippen LogP contribution is -2.54. The van der Waals surface area contributed by atoms with Crippen molar-refractivity contribution >= 4 is 17.2 Å². The molecule has 0 unspecified atom stereocenters. The Labute approximate surface area is 237 Å². The number of rotatable bonds is 6. The smallest absolute Gasteiger partial charge is 0.131 e. The number of piperidine rings is 1. The van der Waals surface area contributed by atoms with Crippen molar-refractivity contribution in [3.63, 3.8) is 0 Å². The van der Waals surface area contributed by atoms with Crippen LogP contribution in [0.1, 0.15) is 74.9 Å². The fourth-order valence-corrected chi connectivity index (χ4v) is 6.25. The third-order valence-corrected chi connectivity index (χ3v) is 8.84. The zero-order valence-corrected chi connectivity index (χ0v) is 24.1. The van der Waals surface area contributed by atoms with Crippen LogP contribution in [0, 0.1) is 0 Å². The normalized spacial score (nSPS) is 18.7. The third-order valence-electron chi connectivity index (χ3n) is 8.59. The van der Waals surface area contributed by atoms with Crippen molar-refractivity contribution in [3.8, 4) is 5.75 Å². The van der Waals surface area contributed by atoms with E-state index in [9.17, 15) is 10.2 Å². The highest BCUT2D eigenvalue weighted by atomic mass is 35.5. The van der Waals surface area contributed by atoms with Gasteiger partial charge in [-0.25, -0.2) is 0 Å². The highest BCUT2D eigenvalue weighted by Gasteiger charge is 2.47. The average Bonchev–Trinajstić information content (AvgIpc) is 3.05. The first kappa shape index (κ1) is 27.9. The van der Waals surface area contributed by atoms with Gasteiger partial charge in [0.2, 0.25) is 0 Å². The van der Waals surface area contributed by atoms with Crippen molar-refractivity contribution in [2.45, 2.75) is 70.2 Å². The molecule has 206 valence electrons. The maximum atomic E-state index is 11.2. The van der Waals surface area contributed by atoms with Crippen molar-refractivity contribution in [2.24, 2.45) is 0 Å². The van der Waals surface area contributed by atoms with E-state index in [-0.39, 0.29) is 5.41 Å². The van der Waals surface area contributed by atoms with Gasteiger partial charge in [0.05, 0.1) is 16.9 Å². The zero-order chi connectivity index (χ0) is 27.8. The van der Waals surface area contributed by atoms with Gasteiger partial charge in [-0.3, -0.25) is 4.98 Å². The van der Waals surface area contributed by atoms with E-state index < -0.39 is 11.2 Å². The van der Waals surface area contributed by atoms with Crippen LogP contribution >= 0.6 is 11.6 Å². The summed E-state index contributed by atoms with van der Waals surface area (Å²) in [6, 6.07) is 18.0. The summed E-state index contributed by atoms with van der Waals surface area (Å²) in [7, 11) is 0. The molecule has 0 atom stereocenters. The molecule has 39 heavy (non-hydrogen) atoms. The number of hydrogen-bond acceptors (Lipinski definition) is 5. The van der Waals surface area contributed by atoms with Crippen molar-refractivity contribution in [1.82, 2.24) is 9.88 Å². The van der Waals surface area contributed by atoms with E-state index in [0.717, 1.165) is 78.2 Å². The van der Waals surface area contributed by atoms with E-state index in [0.29, 0.717) is 11.6 Å². The Morgan fingerprint density at radius 3 is 2.38 bits per heavy atom. The van der Waals surface area contributed by atoms with Gasteiger partial charge < -0.3 is 19.8 Å². The van der Waals surface area contributed by atoms with Crippen LogP contribution in [0.5, 0.6) is 5.75 Å². The molecule has 6 heteroatoms. The van der Waals surface area contributed by atoms with Gasteiger partial charge in [-0.1, -0.05) is 41.9 Å². The Kier molecular flexibility index (Phi) is 7.64. The van der Waals surface area contributed by atoms with Crippen molar-refractivity contribution in [2.75, 3.05) is 19.6 Å². The minimum atomic E-state index is -0.949. The summed E-state index contributed by atoms with van der Waals surface area (Å²) in [5, 5.41) is 22.6. The van der Waals surface area contributed by atoms with Crippen LogP contribution < -0.4 is 4.74 Å². The molecular weight excluding hydrogens is 508 g/mol. The summed E-state index contributed by atoms with van der Waals surface area (Å²) in [4.78, 5) is 7.09. The van der Waals surface area contributed by atoms with Gasteiger partial charge in [0, 0.05) is 34.3 Å². The number of halogens is 1. The third kappa shape index (κ3) is 5.64. The summed E-state index contributed by atoms with van der Waals surface area (Å²) in [5.41, 5.74) is 3.99. The molecule has 0 radical (unpaired) electrons. The summed E-state index contributed by atoms with van der Waals surface area (Å²) in [6.45, 7) is 10.6. The number of ether oxygens (including phenoxy) is 1. The van der Waals surface area contributed by atoms with Gasteiger partial charge in [-0.05, 0) is 107 Å². The van der Waals surface area contributed by atoms with Crippen LogP contribution in [-0.2, 0) is 17.6 Å². The predicted octanol–water partition coefficient (Wildman–Crippen LogP) is 6.48.